The highest BCUT2D eigenvalue weighted by molar-refractivity contribution is 6.16. The number of hydrogen-bond acceptors (Lipinski definition) is 3. The number of fused-ring (bicyclic) bond motifs is 1. The molecule has 1 aliphatic heterocycles. The Morgan fingerprint density at radius 1 is 0.923 bits per heavy atom. The van der Waals surface area contributed by atoms with Crippen LogP contribution in [-0.2, 0) is 14.3 Å². The van der Waals surface area contributed by atoms with Gasteiger partial charge in [0.05, 0.1) is 0 Å². The van der Waals surface area contributed by atoms with Crippen molar-refractivity contribution < 1.29 is 14.3 Å². The van der Waals surface area contributed by atoms with Crippen LogP contribution in [-0.4, -0.2) is 11.6 Å². The fraction of sp³-hybridized carbons (Fsp3) is 0.600. The van der Waals surface area contributed by atoms with Crippen molar-refractivity contribution in [3.63, 3.8) is 0 Å². The molecule has 3 nitrogen and oxygen atoms in total. The Labute approximate surface area is 75.8 Å². The molecule has 0 aromatic heterocycles. The summed E-state index contributed by atoms with van der Waals surface area (Å²) in [6.07, 6.45) is 3.89. The van der Waals surface area contributed by atoms with Crippen LogP contribution in [0.5, 0.6) is 0 Å². The summed E-state index contributed by atoms with van der Waals surface area (Å²) in [7, 11) is 0. The predicted octanol–water partition coefficient (Wildman–Crippen LogP) is 1.19. The molecule has 0 aromatic rings. The van der Waals surface area contributed by atoms with Gasteiger partial charge in [0.15, 0.2) is 0 Å². The Morgan fingerprint density at radius 3 is 1.85 bits per heavy atom. The molecule has 2 atom stereocenters. The van der Waals surface area contributed by atoms with Gasteiger partial charge in [-0.1, -0.05) is 12.8 Å². The average molecular weight is 178 g/mol. The smallest absolute Gasteiger partial charge is 0.217 e. The van der Waals surface area contributed by atoms with E-state index in [0.29, 0.717) is 11.5 Å². The van der Waals surface area contributed by atoms with Crippen LogP contribution in [0.25, 0.3) is 0 Å². The molecule has 3 aliphatic rings. The SMILES string of the molecule is O=C1C2=C(O2)C(=O)C2CCCCC12. The van der Waals surface area contributed by atoms with Crippen LogP contribution in [0.15, 0.2) is 11.5 Å². The summed E-state index contributed by atoms with van der Waals surface area (Å²) >= 11 is 0. The molecule has 68 valence electrons. The van der Waals surface area contributed by atoms with Crippen LogP contribution < -0.4 is 0 Å². The highest BCUT2D eigenvalue weighted by Crippen LogP contribution is 2.45. The highest BCUT2D eigenvalue weighted by atomic mass is 16.6. The molecule has 0 radical (unpaired) electrons. The van der Waals surface area contributed by atoms with Crippen LogP contribution in [0.1, 0.15) is 25.7 Å². The molecule has 3 rings (SSSR count). The molecule has 0 spiro atoms. The lowest BCUT2D eigenvalue weighted by atomic mass is 9.72. The second kappa shape index (κ2) is 2.22. The zero-order valence-electron chi connectivity index (χ0n) is 7.21. The summed E-state index contributed by atoms with van der Waals surface area (Å²) in [6, 6.07) is 0. The van der Waals surface area contributed by atoms with Gasteiger partial charge in [0.1, 0.15) is 0 Å². The van der Waals surface area contributed by atoms with E-state index < -0.39 is 0 Å². The van der Waals surface area contributed by atoms with Gasteiger partial charge >= 0.3 is 0 Å². The van der Waals surface area contributed by atoms with Gasteiger partial charge in [0.25, 0.3) is 0 Å². The first kappa shape index (κ1) is 7.30. The van der Waals surface area contributed by atoms with Crippen LogP contribution in [0.3, 0.4) is 0 Å². The van der Waals surface area contributed by atoms with Gasteiger partial charge < -0.3 is 4.74 Å². The number of ketones is 2. The third-order valence-corrected chi connectivity index (χ3v) is 3.26. The molecular formula is C10H10O3. The topological polar surface area (TPSA) is 46.7 Å². The molecule has 2 unspecified atom stereocenters. The normalized spacial score (nSPS) is 36.6. The minimum absolute atomic E-state index is 0.0532. The van der Waals surface area contributed by atoms with E-state index in [9.17, 15) is 9.59 Å². The number of rotatable bonds is 0. The fourth-order valence-corrected chi connectivity index (χ4v) is 2.50. The van der Waals surface area contributed by atoms with Crippen molar-refractivity contribution in [3.05, 3.63) is 11.5 Å². The summed E-state index contributed by atoms with van der Waals surface area (Å²) < 4.78 is 4.93. The third-order valence-electron chi connectivity index (χ3n) is 3.26. The fourth-order valence-electron chi connectivity index (χ4n) is 2.50. The van der Waals surface area contributed by atoms with Crippen molar-refractivity contribution in [1.29, 1.82) is 0 Å². The lowest BCUT2D eigenvalue weighted by molar-refractivity contribution is -0.130. The number of Topliss-reactive ketones (excluding diaryl/α,β-unsaturated/α-hetero) is 2. The van der Waals surface area contributed by atoms with Gasteiger partial charge in [0.2, 0.25) is 23.1 Å². The number of hydrogen-bond donors (Lipinski definition) is 0. The number of ether oxygens (including phenoxy) is 1. The van der Waals surface area contributed by atoms with Crippen molar-refractivity contribution in [2.45, 2.75) is 25.7 Å². The molecule has 0 saturated heterocycles. The van der Waals surface area contributed by atoms with Crippen LogP contribution >= 0.6 is 0 Å². The standard InChI is InChI=1S/C10H10O3/c11-7-5-3-1-2-4-6(5)8(12)10-9(7)13-10/h5-6H,1-4H2. The molecule has 0 N–H and O–H groups in total. The van der Waals surface area contributed by atoms with E-state index in [1.54, 1.807) is 0 Å². The maximum Gasteiger partial charge on any atom is 0.217 e. The van der Waals surface area contributed by atoms with Crippen molar-refractivity contribution in [3.8, 4) is 0 Å². The molecule has 2 aliphatic carbocycles. The van der Waals surface area contributed by atoms with E-state index in [4.69, 9.17) is 4.74 Å². The van der Waals surface area contributed by atoms with Gasteiger partial charge in [-0.25, -0.2) is 0 Å². The summed E-state index contributed by atoms with van der Waals surface area (Å²) in [5.41, 5.74) is 0. The number of carbonyl (C=O) groups excluding carboxylic acids is 2. The Hall–Kier alpha value is -1.12. The molecular weight excluding hydrogens is 168 g/mol. The lowest BCUT2D eigenvalue weighted by Crippen LogP contribution is -2.34. The highest BCUT2D eigenvalue weighted by Gasteiger charge is 2.52. The van der Waals surface area contributed by atoms with E-state index in [2.05, 4.69) is 0 Å². The number of allylic oxidation sites excluding steroid dienone is 2. The molecule has 13 heavy (non-hydrogen) atoms. The summed E-state index contributed by atoms with van der Waals surface area (Å²) in [5, 5.41) is 0. The Balaban J connectivity index is 2.00. The van der Waals surface area contributed by atoms with Gasteiger partial charge in [-0.05, 0) is 12.8 Å². The van der Waals surface area contributed by atoms with Crippen LogP contribution in [0, 0.1) is 11.8 Å². The van der Waals surface area contributed by atoms with E-state index >= 15 is 0 Å². The summed E-state index contributed by atoms with van der Waals surface area (Å²) in [4.78, 5) is 23.2. The third kappa shape index (κ3) is 0.844. The molecule has 1 heterocycles. The minimum Gasteiger partial charge on any atom is -0.442 e. The zero-order valence-corrected chi connectivity index (χ0v) is 7.21. The van der Waals surface area contributed by atoms with E-state index in [1.165, 1.54) is 0 Å². The first-order valence-corrected chi connectivity index (χ1v) is 4.79. The van der Waals surface area contributed by atoms with E-state index in [0.717, 1.165) is 25.7 Å². The Bertz CT molecular complexity index is 308. The molecule has 3 heteroatoms. The second-order valence-corrected chi connectivity index (χ2v) is 3.99. The number of carbonyl (C=O) groups is 2. The van der Waals surface area contributed by atoms with Crippen molar-refractivity contribution in [2.75, 3.05) is 0 Å². The summed E-state index contributed by atoms with van der Waals surface area (Å²) in [6.45, 7) is 0. The Kier molecular flexibility index (Phi) is 1.25. The molecule has 1 saturated carbocycles. The second-order valence-electron chi connectivity index (χ2n) is 3.99. The van der Waals surface area contributed by atoms with E-state index in [-0.39, 0.29) is 23.4 Å². The van der Waals surface area contributed by atoms with E-state index in [1.807, 2.05) is 0 Å². The zero-order chi connectivity index (χ0) is 9.00. The summed E-state index contributed by atoms with van der Waals surface area (Å²) in [5.74, 6) is 0.796. The monoisotopic (exact) mass is 178 g/mol. The van der Waals surface area contributed by atoms with Crippen molar-refractivity contribution >= 4 is 11.6 Å². The van der Waals surface area contributed by atoms with Crippen molar-refractivity contribution in [1.82, 2.24) is 0 Å². The van der Waals surface area contributed by atoms with Gasteiger partial charge in [-0.2, -0.15) is 0 Å². The first-order valence-electron chi connectivity index (χ1n) is 4.79. The quantitative estimate of drug-likeness (QED) is 0.559. The van der Waals surface area contributed by atoms with Crippen LogP contribution in [0.4, 0.5) is 0 Å². The molecule has 0 amide bonds. The first-order chi connectivity index (χ1) is 6.29. The van der Waals surface area contributed by atoms with Gasteiger partial charge in [-0.15, -0.1) is 0 Å². The Morgan fingerprint density at radius 2 is 1.38 bits per heavy atom. The molecule has 0 aromatic carbocycles. The molecule has 0 bridgehead atoms. The largest absolute Gasteiger partial charge is 0.442 e. The van der Waals surface area contributed by atoms with Crippen molar-refractivity contribution in [2.24, 2.45) is 11.8 Å². The maximum atomic E-state index is 11.6. The maximum absolute atomic E-state index is 11.6. The van der Waals surface area contributed by atoms with Crippen LogP contribution in [0.2, 0.25) is 0 Å². The van der Waals surface area contributed by atoms with Gasteiger partial charge in [0, 0.05) is 11.8 Å². The predicted molar refractivity (Wildman–Crippen MR) is 43.6 cm³/mol. The molecule has 1 fully saturated rings. The lowest BCUT2D eigenvalue weighted by Gasteiger charge is -2.27. The van der Waals surface area contributed by atoms with Gasteiger partial charge in [-0.3, -0.25) is 9.59 Å². The minimum atomic E-state index is -0.0532. The average Bonchev–Trinajstić information content (AvgIpc) is 2.94.